The lowest BCUT2D eigenvalue weighted by Gasteiger charge is -2.15. The van der Waals surface area contributed by atoms with E-state index in [9.17, 15) is 0 Å². The van der Waals surface area contributed by atoms with Gasteiger partial charge in [0.05, 0.1) is 22.6 Å². The summed E-state index contributed by atoms with van der Waals surface area (Å²) in [6.45, 7) is 2.13. The lowest BCUT2D eigenvalue weighted by molar-refractivity contribution is 1.24. The maximum atomic E-state index is 2.23. The number of benzene rings is 4. The average molecular weight is 307 g/mol. The van der Waals surface area contributed by atoms with E-state index in [2.05, 4.69) is 104 Å². The summed E-state index contributed by atoms with van der Waals surface area (Å²) >= 11 is 0. The van der Waals surface area contributed by atoms with Crippen molar-refractivity contribution in [1.82, 2.24) is 0 Å². The van der Waals surface area contributed by atoms with Crippen molar-refractivity contribution < 1.29 is 0 Å². The minimum Gasteiger partial charge on any atom is -0.0607 e. The van der Waals surface area contributed by atoms with Crippen LogP contribution in [0.1, 0.15) is 22.3 Å². The van der Waals surface area contributed by atoms with Crippen LogP contribution in [0.5, 0.6) is 0 Å². The molecule has 24 heavy (non-hydrogen) atoms. The third-order valence-electron chi connectivity index (χ3n) is 4.46. The zero-order valence-electron chi connectivity index (χ0n) is 13.7. The first-order valence-electron chi connectivity index (χ1n) is 8.30. The smallest absolute Gasteiger partial charge is 0.0607 e. The van der Waals surface area contributed by atoms with Gasteiger partial charge in [0.1, 0.15) is 0 Å². The molecule has 0 aliphatic rings. The van der Waals surface area contributed by atoms with Crippen molar-refractivity contribution in [1.29, 1.82) is 0 Å². The van der Waals surface area contributed by atoms with Gasteiger partial charge in [-0.25, -0.2) is 0 Å². The summed E-state index contributed by atoms with van der Waals surface area (Å²) in [5, 5.41) is 2.56. The van der Waals surface area contributed by atoms with E-state index < -0.39 is 0 Å². The van der Waals surface area contributed by atoms with Crippen LogP contribution < -0.4 is 0 Å². The molecule has 0 spiro atoms. The Balaban J connectivity index is 1.97. The highest BCUT2D eigenvalue weighted by molar-refractivity contribution is 5.89. The van der Waals surface area contributed by atoms with Crippen LogP contribution >= 0.6 is 0 Å². The van der Waals surface area contributed by atoms with Gasteiger partial charge >= 0.3 is 0 Å². The Hall–Kier alpha value is -2.99. The van der Waals surface area contributed by atoms with Gasteiger partial charge in [-0.1, -0.05) is 18.2 Å². The summed E-state index contributed by atoms with van der Waals surface area (Å²) in [6, 6.07) is 34.6. The van der Waals surface area contributed by atoms with Gasteiger partial charge < -0.3 is 0 Å². The summed E-state index contributed by atoms with van der Waals surface area (Å²) < 4.78 is 0. The van der Waals surface area contributed by atoms with Gasteiger partial charge in [-0.3, -0.25) is 0 Å². The fourth-order valence-electron chi connectivity index (χ4n) is 3.25. The zero-order chi connectivity index (χ0) is 16.4. The number of hydrogen-bond donors (Lipinski definition) is 0. The molecule has 0 aliphatic heterocycles. The highest BCUT2D eigenvalue weighted by atomic mass is 14.2. The van der Waals surface area contributed by atoms with Crippen LogP contribution in [0.25, 0.3) is 10.8 Å². The Kier molecular flexibility index (Phi) is 3.80. The zero-order valence-corrected chi connectivity index (χ0v) is 13.7. The van der Waals surface area contributed by atoms with Crippen LogP contribution in [0, 0.1) is 12.8 Å². The highest BCUT2D eigenvalue weighted by Gasteiger charge is 2.24. The first-order valence-corrected chi connectivity index (χ1v) is 8.30. The number of hydrogen-bond acceptors (Lipinski definition) is 0. The number of rotatable bonds is 3. The van der Waals surface area contributed by atoms with Gasteiger partial charge in [-0.05, 0) is 91.3 Å². The largest absolute Gasteiger partial charge is 0.0638 e. The van der Waals surface area contributed by atoms with E-state index >= 15 is 0 Å². The van der Waals surface area contributed by atoms with Gasteiger partial charge in [0.15, 0.2) is 0 Å². The SMILES string of the molecule is Cc1ccc([C+](c2ccccc2)c2cccc3ccccc23)cc1. The van der Waals surface area contributed by atoms with Crippen molar-refractivity contribution in [3.8, 4) is 0 Å². The fraction of sp³-hybridized carbons (Fsp3) is 0.0417. The number of aryl methyl sites for hydroxylation is 1. The molecule has 0 radical (unpaired) electrons. The lowest BCUT2D eigenvalue weighted by atomic mass is 9.82. The minimum absolute atomic E-state index is 1.25. The number of fused-ring (bicyclic) bond motifs is 1. The Morgan fingerprint density at radius 1 is 0.542 bits per heavy atom. The molecule has 4 rings (SSSR count). The van der Waals surface area contributed by atoms with Crippen molar-refractivity contribution in [3.63, 3.8) is 0 Å². The standard InChI is InChI=1S/C24H19/c1-18-14-16-21(17-15-18)24(20-9-3-2-4-10-20)23-13-7-11-19-8-5-6-12-22(19)23/h2-17H,1H3/q+1. The first-order chi connectivity index (χ1) is 11.8. The van der Waals surface area contributed by atoms with Crippen molar-refractivity contribution in [2.45, 2.75) is 6.92 Å². The van der Waals surface area contributed by atoms with Crippen LogP contribution in [0.15, 0.2) is 97.1 Å². The molecule has 0 aliphatic carbocycles. The molecule has 0 amide bonds. The molecule has 0 saturated carbocycles. The quantitative estimate of drug-likeness (QED) is 0.314. The first kappa shape index (κ1) is 14.6. The molecular formula is C24H19+. The lowest BCUT2D eigenvalue weighted by Crippen LogP contribution is -2.05. The molecule has 0 N–H and O–H groups in total. The molecular weight excluding hydrogens is 288 g/mol. The summed E-state index contributed by atoms with van der Waals surface area (Å²) in [4.78, 5) is 0. The van der Waals surface area contributed by atoms with E-state index in [1.165, 1.54) is 38.9 Å². The molecule has 4 aromatic rings. The Bertz CT molecular complexity index is 945. The topological polar surface area (TPSA) is 0 Å². The molecule has 0 fully saturated rings. The molecule has 0 heteroatoms. The van der Waals surface area contributed by atoms with Crippen molar-refractivity contribution in [3.05, 3.63) is 125 Å². The second-order valence-electron chi connectivity index (χ2n) is 6.13. The molecule has 0 nitrogen and oxygen atoms in total. The van der Waals surface area contributed by atoms with Crippen LogP contribution in [-0.2, 0) is 0 Å². The summed E-state index contributed by atoms with van der Waals surface area (Å²) in [7, 11) is 0. The molecule has 4 aromatic carbocycles. The van der Waals surface area contributed by atoms with E-state index in [1.54, 1.807) is 0 Å². The van der Waals surface area contributed by atoms with Gasteiger partial charge in [0.25, 0.3) is 0 Å². The normalized spacial score (nSPS) is 10.7. The molecule has 0 atom stereocenters. The van der Waals surface area contributed by atoms with Crippen LogP contribution in [0.4, 0.5) is 0 Å². The molecule has 114 valence electrons. The second-order valence-corrected chi connectivity index (χ2v) is 6.13. The summed E-state index contributed by atoms with van der Waals surface area (Å²) in [6.07, 6.45) is 0. The predicted octanol–water partition coefficient (Wildman–Crippen LogP) is 6.17. The van der Waals surface area contributed by atoms with Crippen LogP contribution in [-0.4, -0.2) is 0 Å². The minimum atomic E-state index is 1.25. The third-order valence-corrected chi connectivity index (χ3v) is 4.46. The van der Waals surface area contributed by atoms with Gasteiger partial charge in [0, 0.05) is 10.8 Å². The Labute approximate surface area is 143 Å². The second kappa shape index (κ2) is 6.25. The molecule has 0 unspecified atom stereocenters. The third kappa shape index (κ3) is 2.68. The van der Waals surface area contributed by atoms with Crippen molar-refractivity contribution >= 4 is 10.8 Å². The summed E-state index contributed by atoms with van der Waals surface area (Å²) in [5.74, 6) is 1.28. The maximum absolute atomic E-state index is 2.23. The average Bonchev–Trinajstić information content (AvgIpc) is 2.65. The monoisotopic (exact) mass is 307 g/mol. The van der Waals surface area contributed by atoms with Crippen LogP contribution in [0.3, 0.4) is 0 Å². The molecule has 0 bridgehead atoms. The van der Waals surface area contributed by atoms with Gasteiger partial charge in [-0.15, -0.1) is 0 Å². The van der Waals surface area contributed by atoms with E-state index in [0.717, 1.165) is 0 Å². The van der Waals surface area contributed by atoms with Gasteiger partial charge in [-0.2, -0.15) is 0 Å². The van der Waals surface area contributed by atoms with Crippen LogP contribution in [0.2, 0.25) is 0 Å². The molecule has 0 saturated heterocycles. The predicted molar refractivity (Wildman–Crippen MR) is 102 cm³/mol. The molecule has 0 aromatic heterocycles. The van der Waals surface area contributed by atoms with E-state index in [4.69, 9.17) is 0 Å². The fourth-order valence-corrected chi connectivity index (χ4v) is 3.25. The van der Waals surface area contributed by atoms with Crippen molar-refractivity contribution in [2.24, 2.45) is 0 Å². The summed E-state index contributed by atoms with van der Waals surface area (Å²) in [5.41, 5.74) is 5.06. The molecule has 0 heterocycles. The van der Waals surface area contributed by atoms with E-state index in [0.29, 0.717) is 0 Å². The maximum Gasteiger partial charge on any atom is 0.0638 e. The van der Waals surface area contributed by atoms with Crippen molar-refractivity contribution in [2.75, 3.05) is 0 Å². The van der Waals surface area contributed by atoms with E-state index in [-0.39, 0.29) is 0 Å². The van der Waals surface area contributed by atoms with E-state index in [1.807, 2.05) is 0 Å². The Morgan fingerprint density at radius 3 is 1.96 bits per heavy atom. The Morgan fingerprint density at radius 2 is 1.17 bits per heavy atom. The highest BCUT2D eigenvalue weighted by Crippen LogP contribution is 2.35. The van der Waals surface area contributed by atoms with Gasteiger partial charge in [0.2, 0.25) is 0 Å².